The first-order valence-electron chi connectivity index (χ1n) is 39.7. The third-order valence-electron chi connectivity index (χ3n) is 18.6. The summed E-state index contributed by atoms with van der Waals surface area (Å²) in [4.78, 5) is 37.7. The van der Waals surface area contributed by atoms with Crippen LogP contribution in [0.4, 0.5) is 0 Å². The smallest absolute Gasteiger partial charge is 0.361 e. The molecule has 9 heteroatoms. The van der Waals surface area contributed by atoms with Crippen LogP contribution in [-0.2, 0) is 33.3 Å². The molecule has 0 aliphatic carbocycles. The summed E-state index contributed by atoms with van der Waals surface area (Å²) in [5, 5.41) is 9.77. The fourth-order valence-electron chi connectivity index (χ4n) is 12.6. The average Bonchev–Trinajstić information content (AvgIpc) is 3.54. The largest absolute Gasteiger partial charge is 0.477 e. The van der Waals surface area contributed by atoms with Crippen LogP contribution in [0, 0.1) is 0 Å². The topological polar surface area (TPSA) is 108 Å². The number of hydrogen-bond donors (Lipinski definition) is 1. The number of rotatable bonds is 76. The summed E-state index contributed by atoms with van der Waals surface area (Å²) in [6.45, 7) is 4.99. The van der Waals surface area contributed by atoms with E-state index in [-0.39, 0.29) is 38.2 Å². The normalized spacial score (nSPS) is 12.5. The number of carboxylic acid groups (broad SMARTS) is 1. The number of aliphatic carboxylic acids is 1. The van der Waals surface area contributed by atoms with E-state index in [9.17, 15) is 19.5 Å². The molecular weight excluding hydrogens is 1090 g/mol. The maximum absolute atomic E-state index is 13.0. The van der Waals surface area contributed by atoms with E-state index in [0.29, 0.717) is 17.4 Å². The maximum Gasteiger partial charge on any atom is 0.361 e. The molecule has 0 spiro atoms. The van der Waals surface area contributed by atoms with E-state index in [1.807, 2.05) is 21.1 Å². The van der Waals surface area contributed by atoms with Crippen LogP contribution in [0.2, 0.25) is 0 Å². The summed E-state index contributed by atoms with van der Waals surface area (Å²) < 4.78 is 23.1. The van der Waals surface area contributed by atoms with Crippen LogP contribution in [0.3, 0.4) is 0 Å². The van der Waals surface area contributed by atoms with Crippen molar-refractivity contribution >= 4 is 17.9 Å². The van der Waals surface area contributed by atoms with Crippen molar-refractivity contribution < 1.29 is 42.9 Å². The van der Waals surface area contributed by atoms with Crippen molar-refractivity contribution in [3.05, 3.63) is 0 Å². The Labute approximate surface area is 549 Å². The number of nitrogens with zero attached hydrogens (tertiary/aromatic N) is 1. The van der Waals surface area contributed by atoms with Crippen LogP contribution in [0.15, 0.2) is 0 Å². The standard InChI is InChI=1S/C79H155NO8/c1-6-8-10-12-14-16-18-20-22-24-26-28-30-32-34-36-38-40-42-44-46-48-50-52-54-56-58-60-62-64-66-68-70-77(82)88-75(74-87-79(78(83)84)85-72-71-80(3,4)5)73-86-76(81)69-67-65-63-61-59-57-55-53-51-49-47-45-43-41-39-37-35-33-31-29-27-25-23-21-19-17-15-13-11-9-7-2/h75,79H,6-74H2,1-5H3/p+1. The number of carboxylic acids is 1. The first kappa shape index (κ1) is 86.3. The van der Waals surface area contributed by atoms with Gasteiger partial charge in [-0.1, -0.05) is 406 Å². The Morgan fingerprint density at radius 3 is 0.727 bits per heavy atom. The fourth-order valence-corrected chi connectivity index (χ4v) is 12.6. The molecule has 524 valence electrons. The van der Waals surface area contributed by atoms with Crippen molar-refractivity contribution in [3.8, 4) is 0 Å². The maximum atomic E-state index is 13.0. The number of esters is 2. The van der Waals surface area contributed by atoms with Crippen molar-refractivity contribution in [1.29, 1.82) is 0 Å². The molecule has 88 heavy (non-hydrogen) atoms. The Kier molecular flexibility index (Phi) is 69.8. The molecule has 0 aromatic rings. The van der Waals surface area contributed by atoms with Crippen LogP contribution < -0.4 is 0 Å². The second kappa shape index (κ2) is 71.1. The molecule has 0 aliphatic rings. The fraction of sp³-hybridized carbons (Fsp3) is 0.962. The number of ether oxygens (including phenoxy) is 4. The van der Waals surface area contributed by atoms with Crippen molar-refractivity contribution in [3.63, 3.8) is 0 Å². The van der Waals surface area contributed by atoms with Gasteiger partial charge < -0.3 is 28.5 Å². The zero-order valence-corrected chi connectivity index (χ0v) is 60.2. The van der Waals surface area contributed by atoms with Crippen LogP contribution in [-0.4, -0.2) is 87.4 Å². The highest BCUT2D eigenvalue weighted by molar-refractivity contribution is 5.71. The first-order chi connectivity index (χ1) is 43.1. The molecule has 9 nitrogen and oxygen atoms in total. The van der Waals surface area contributed by atoms with E-state index in [1.165, 1.54) is 366 Å². The zero-order valence-electron chi connectivity index (χ0n) is 60.2. The lowest BCUT2D eigenvalue weighted by Gasteiger charge is -2.25. The van der Waals surface area contributed by atoms with Gasteiger partial charge in [0, 0.05) is 12.8 Å². The SMILES string of the molecule is CCCCCCCCCCCCCCCCCCCCCCCCCCCCCCCCCCC(=O)OC(COC(=O)CCCCCCCCCCCCCCCCCCCCCCCCCCCCCCCCC)COC(OCC[N+](C)(C)C)C(=O)O. The number of quaternary nitrogens is 1. The molecule has 0 radical (unpaired) electrons. The van der Waals surface area contributed by atoms with E-state index >= 15 is 0 Å². The van der Waals surface area contributed by atoms with Gasteiger partial charge in [-0.15, -0.1) is 0 Å². The van der Waals surface area contributed by atoms with Gasteiger partial charge in [0.1, 0.15) is 13.2 Å². The lowest BCUT2D eigenvalue weighted by atomic mass is 10.0. The lowest BCUT2D eigenvalue weighted by molar-refractivity contribution is -0.870. The molecule has 0 saturated heterocycles. The summed E-state index contributed by atoms with van der Waals surface area (Å²) in [5.74, 6) is -1.96. The van der Waals surface area contributed by atoms with Gasteiger partial charge in [0.05, 0.1) is 34.4 Å². The Balaban J connectivity index is 3.96. The summed E-state index contributed by atoms with van der Waals surface area (Å²) in [7, 11) is 6.00. The van der Waals surface area contributed by atoms with Gasteiger partial charge in [0.15, 0.2) is 6.10 Å². The lowest BCUT2D eigenvalue weighted by Crippen LogP contribution is -2.40. The van der Waals surface area contributed by atoms with Crippen LogP contribution in [0.25, 0.3) is 0 Å². The Morgan fingerprint density at radius 1 is 0.295 bits per heavy atom. The highest BCUT2D eigenvalue weighted by atomic mass is 16.7. The molecule has 0 saturated carbocycles. The van der Waals surface area contributed by atoms with Crippen molar-refractivity contribution in [2.45, 2.75) is 444 Å². The van der Waals surface area contributed by atoms with E-state index in [2.05, 4.69) is 13.8 Å². The van der Waals surface area contributed by atoms with E-state index in [1.54, 1.807) is 0 Å². The average molecular weight is 1250 g/mol. The second-order valence-corrected chi connectivity index (χ2v) is 28.7. The summed E-state index contributed by atoms with van der Waals surface area (Å²) in [6.07, 6.45) is 84.1. The number of hydrogen-bond acceptors (Lipinski definition) is 7. The van der Waals surface area contributed by atoms with E-state index in [4.69, 9.17) is 18.9 Å². The quantitative estimate of drug-likeness (QED) is 0.0278. The van der Waals surface area contributed by atoms with Crippen molar-refractivity contribution in [2.24, 2.45) is 0 Å². The van der Waals surface area contributed by atoms with Gasteiger partial charge in [0.2, 0.25) is 0 Å². The number of carbonyl (C=O) groups excluding carboxylic acids is 2. The highest BCUT2D eigenvalue weighted by Gasteiger charge is 2.25. The molecule has 0 aliphatic heterocycles. The predicted octanol–water partition coefficient (Wildman–Crippen LogP) is 25.0. The molecule has 2 unspecified atom stereocenters. The molecule has 1 N–H and O–H groups in total. The summed E-state index contributed by atoms with van der Waals surface area (Å²) >= 11 is 0. The predicted molar refractivity (Wildman–Crippen MR) is 379 cm³/mol. The number of likely N-dealkylation sites (N-methyl/N-ethyl adjacent to an activating group) is 1. The molecule has 0 aromatic heterocycles. The molecule has 0 fully saturated rings. The summed E-state index contributed by atoms with van der Waals surface area (Å²) in [6, 6.07) is 0. The Hall–Kier alpha value is -1.71. The van der Waals surface area contributed by atoms with Gasteiger partial charge >= 0.3 is 17.9 Å². The first-order valence-corrected chi connectivity index (χ1v) is 39.7. The molecular formula is C79H156NO8+. The molecule has 0 rings (SSSR count). The molecule has 0 amide bonds. The van der Waals surface area contributed by atoms with Crippen LogP contribution >= 0.6 is 0 Å². The van der Waals surface area contributed by atoms with Crippen molar-refractivity contribution in [2.75, 3.05) is 47.5 Å². The minimum atomic E-state index is -1.51. The molecule has 0 aromatic carbocycles. The molecule has 2 atom stereocenters. The highest BCUT2D eigenvalue weighted by Crippen LogP contribution is 2.21. The third-order valence-corrected chi connectivity index (χ3v) is 18.6. The number of unbranched alkanes of at least 4 members (excludes halogenated alkanes) is 61. The van der Waals surface area contributed by atoms with Gasteiger partial charge in [-0.3, -0.25) is 9.59 Å². The van der Waals surface area contributed by atoms with Gasteiger partial charge in [-0.2, -0.15) is 0 Å². The third kappa shape index (κ3) is 71.7. The Morgan fingerprint density at radius 2 is 0.511 bits per heavy atom. The second-order valence-electron chi connectivity index (χ2n) is 28.7. The molecule has 0 heterocycles. The number of carbonyl (C=O) groups is 3. The van der Waals surface area contributed by atoms with Crippen LogP contribution in [0.5, 0.6) is 0 Å². The minimum absolute atomic E-state index is 0.172. The van der Waals surface area contributed by atoms with Gasteiger partial charge in [-0.25, -0.2) is 4.79 Å². The van der Waals surface area contributed by atoms with Gasteiger partial charge in [-0.05, 0) is 12.8 Å². The Bertz CT molecular complexity index is 1400. The van der Waals surface area contributed by atoms with Crippen molar-refractivity contribution in [1.82, 2.24) is 0 Å². The molecule has 0 bridgehead atoms. The van der Waals surface area contributed by atoms with Gasteiger partial charge in [0.25, 0.3) is 6.29 Å². The summed E-state index contributed by atoms with van der Waals surface area (Å²) in [5.41, 5.74) is 0. The zero-order chi connectivity index (χ0) is 64.0. The van der Waals surface area contributed by atoms with Crippen LogP contribution in [0.1, 0.15) is 431 Å². The van der Waals surface area contributed by atoms with E-state index in [0.717, 1.165) is 38.5 Å². The van der Waals surface area contributed by atoms with E-state index < -0.39 is 18.4 Å². The minimum Gasteiger partial charge on any atom is -0.477 e. The monoisotopic (exact) mass is 1250 g/mol.